The first-order valence-corrected chi connectivity index (χ1v) is 7.73. The summed E-state index contributed by atoms with van der Waals surface area (Å²) in [7, 11) is 0. The van der Waals surface area contributed by atoms with Crippen LogP contribution in [0.2, 0.25) is 0 Å². The van der Waals surface area contributed by atoms with Gasteiger partial charge in [0, 0.05) is 43.6 Å². The van der Waals surface area contributed by atoms with E-state index in [1.165, 1.54) is 12.1 Å². The van der Waals surface area contributed by atoms with Gasteiger partial charge in [0.25, 0.3) is 0 Å². The van der Waals surface area contributed by atoms with Crippen molar-refractivity contribution in [3.05, 3.63) is 35.4 Å². The van der Waals surface area contributed by atoms with Crippen LogP contribution < -0.4 is 0 Å². The molecule has 6 heteroatoms. The van der Waals surface area contributed by atoms with Crippen LogP contribution in [0.4, 0.5) is 8.78 Å². The molecule has 1 fully saturated rings. The van der Waals surface area contributed by atoms with Crippen molar-refractivity contribution >= 4 is 21.8 Å². The number of halogens is 3. The van der Waals surface area contributed by atoms with E-state index >= 15 is 0 Å². The van der Waals surface area contributed by atoms with Crippen LogP contribution in [0.25, 0.3) is 0 Å². The summed E-state index contributed by atoms with van der Waals surface area (Å²) in [4.78, 5) is 16.1. The third-order valence-electron chi connectivity index (χ3n) is 3.50. The summed E-state index contributed by atoms with van der Waals surface area (Å²) >= 11 is 3.39. The molecule has 0 N–H and O–H groups in total. The molecule has 110 valence electrons. The first-order chi connectivity index (χ1) is 9.61. The van der Waals surface area contributed by atoms with Gasteiger partial charge in [-0.2, -0.15) is 0 Å². The van der Waals surface area contributed by atoms with Gasteiger partial charge < -0.3 is 4.90 Å². The number of nitrogens with zero attached hydrogens (tertiary/aromatic N) is 2. The predicted molar refractivity (Wildman–Crippen MR) is 76.9 cm³/mol. The fraction of sp³-hybridized carbons (Fsp3) is 0.500. The van der Waals surface area contributed by atoms with Crippen molar-refractivity contribution in [2.24, 2.45) is 0 Å². The molecule has 1 amide bonds. The van der Waals surface area contributed by atoms with E-state index in [4.69, 9.17) is 0 Å². The van der Waals surface area contributed by atoms with Gasteiger partial charge in [0.05, 0.1) is 6.42 Å². The molecule has 0 atom stereocenters. The Bertz CT molecular complexity index is 476. The zero-order valence-electron chi connectivity index (χ0n) is 11.1. The van der Waals surface area contributed by atoms with Gasteiger partial charge in [-0.3, -0.25) is 9.69 Å². The Morgan fingerprint density at radius 2 is 1.90 bits per heavy atom. The lowest BCUT2D eigenvalue weighted by molar-refractivity contribution is -0.132. The Labute approximate surface area is 125 Å². The summed E-state index contributed by atoms with van der Waals surface area (Å²) in [5.74, 6) is -1.97. The van der Waals surface area contributed by atoms with Gasteiger partial charge in [0.2, 0.25) is 5.91 Å². The minimum Gasteiger partial charge on any atom is -0.340 e. The molecule has 0 aliphatic carbocycles. The van der Waals surface area contributed by atoms with E-state index in [1.54, 1.807) is 4.90 Å². The number of rotatable bonds is 4. The van der Waals surface area contributed by atoms with Crippen molar-refractivity contribution in [1.82, 2.24) is 9.80 Å². The summed E-state index contributed by atoms with van der Waals surface area (Å²) in [6.45, 7) is 3.89. The monoisotopic (exact) mass is 346 g/mol. The Morgan fingerprint density at radius 3 is 2.55 bits per heavy atom. The van der Waals surface area contributed by atoms with Crippen molar-refractivity contribution < 1.29 is 13.6 Å². The summed E-state index contributed by atoms with van der Waals surface area (Å²) in [6, 6.07) is 3.94. The van der Waals surface area contributed by atoms with Crippen molar-refractivity contribution in [3.63, 3.8) is 0 Å². The van der Waals surface area contributed by atoms with Crippen LogP contribution in [0.1, 0.15) is 5.56 Å². The summed E-state index contributed by atoms with van der Waals surface area (Å²) in [6.07, 6.45) is -0.0813. The van der Waals surface area contributed by atoms with Crippen molar-refractivity contribution in [2.45, 2.75) is 6.42 Å². The van der Waals surface area contributed by atoms with E-state index in [2.05, 4.69) is 20.8 Å². The first kappa shape index (κ1) is 15.4. The number of piperazine rings is 1. The standard InChI is InChI=1S/C14H17BrF2N2O/c15-4-5-18-6-8-19(9-7-18)13(20)10-11-2-1-3-12(16)14(11)17/h1-3H,4-10H2. The molecule has 2 rings (SSSR count). The molecular weight excluding hydrogens is 330 g/mol. The van der Waals surface area contributed by atoms with Crippen LogP contribution in [0.15, 0.2) is 18.2 Å². The highest BCUT2D eigenvalue weighted by Crippen LogP contribution is 2.13. The molecule has 0 radical (unpaired) electrons. The SMILES string of the molecule is O=C(Cc1cccc(F)c1F)N1CCN(CCBr)CC1. The third-order valence-corrected chi connectivity index (χ3v) is 3.85. The molecule has 1 aromatic rings. The van der Waals surface area contributed by atoms with Gasteiger partial charge in [-0.05, 0) is 6.07 Å². The fourth-order valence-electron chi connectivity index (χ4n) is 2.30. The first-order valence-electron chi connectivity index (χ1n) is 6.61. The Hall–Kier alpha value is -1.01. The van der Waals surface area contributed by atoms with Crippen LogP contribution in [-0.4, -0.2) is 53.8 Å². The molecule has 1 saturated heterocycles. The van der Waals surface area contributed by atoms with Gasteiger partial charge >= 0.3 is 0 Å². The number of hydrogen-bond acceptors (Lipinski definition) is 2. The molecule has 1 aromatic carbocycles. The molecule has 1 heterocycles. The Morgan fingerprint density at radius 1 is 1.20 bits per heavy atom. The van der Waals surface area contributed by atoms with Crippen LogP contribution in [-0.2, 0) is 11.2 Å². The fourth-order valence-corrected chi connectivity index (χ4v) is 2.80. The van der Waals surface area contributed by atoms with E-state index in [-0.39, 0.29) is 17.9 Å². The number of benzene rings is 1. The minimum absolute atomic E-state index is 0.0813. The molecule has 1 aliphatic rings. The van der Waals surface area contributed by atoms with Gasteiger partial charge in [-0.15, -0.1) is 0 Å². The maximum atomic E-state index is 13.5. The Kier molecular flexibility index (Phi) is 5.48. The molecule has 3 nitrogen and oxygen atoms in total. The average molecular weight is 347 g/mol. The van der Waals surface area contributed by atoms with Crippen LogP contribution in [0.3, 0.4) is 0 Å². The maximum Gasteiger partial charge on any atom is 0.227 e. The molecule has 0 spiro atoms. The minimum atomic E-state index is -0.918. The number of hydrogen-bond donors (Lipinski definition) is 0. The highest BCUT2D eigenvalue weighted by atomic mass is 79.9. The lowest BCUT2D eigenvalue weighted by Gasteiger charge is -2.34. The zero-order chi connectivity index (χ0) is 14.5. The predicted octanol–water partition coefficient (Wildman–Crippen LogP) is 2.05. The van der Waals surface area contributed by atoms with Crippen LogP contribution >= 0.6 is 15.9 Å². The molecule has 0 unspecified atom stereocenters. The molecule has 1 aliphatic heterocycles. The second-order valence-corrected chi connectivity index (χ2v) is 5.59. The normalized spacial score (nSPS) is 16.4. The van der Waals surface area contributed by atoms with Gasteiger partial charge in [-0.1, -0.05) is 28.1 Å². The zero-order valence-corrected chi connectivity index (χ0v) is 12.7. The average Bonchev–Trinajstić information content (AvgIpc) is 2.45. The topological polar surface area (TPSA) is 23.6 Å². The maximum absolute atomic E-state index is 13.5. The van der Waals surface area contributed by atoms with E-state index in [9.17, 15) is 13.6 Å². The van der Waals surface area contributed by atoms with E-state index in [1.807, 2.05) is 0 Å². The van der Waals surface area contributed by atoms with Gasteiger partial charge in [-0.25, -0.2) is 8.78 Å². The lowest BCUT2D eigenvalue weighted by Crippen LogP contribution is -2.49. The third kappa shape index (κ3) is 3.76. The highest BCUT2D eigenvalue weighted by Gasteiger charge is 2.22. The smallest absolute Gasteiger partial charge is 0.227 e. The van der Waals surface area contributed by atoms with Gasteiger partial charge in [0.1, 0.15) is 0 Å². The highest BCUT2D eigenvalue weighted by molar-refractivity contribution is 9.09. The van der Waals surface area contributed by atoms with Gasteiger partial charge in [0.15, 0.2) is 11.6 Å². The Balaban J connectivity index is 1.91. The van der Waals surface area contributed by atoms with Crippen LogP contribution in [0.5, 0.6) is 0 Å². The second-order valence-electron chi connectivity index (χ2n) is 4.80. The van der Waals surface area contributed by atoms with Crippen molar-refractivity contribution in [3.8, 4) is 0 Å². The molecule has 20 heavy (non-hydrogen) atoms. The number of alkyl halides is 1. The molecular formula is C14H17BrF2N2O. The lowest BCUT2D eigenvalue weighted by atomic mass is 10.1. The number of carbonyl (C=O) groups is 1. The van der Waals surface area contributed by atoms with E-state index in [0.717, 1.165) is 31.0 Å². The molecule has 0 saturated carbocycles. The number of amides is 1. The summed E-state index contributed by atoms with van der Waals surface area (Å²) < 4.78 is 26.6. The molecule has 0 aromatic heterocycles. The quantitative estimate of drug-likeness (QED) is 0.779. The van der Waals surface area contributed by atoms with Crippen molar-refractivity contribution in [1.29, 1.82) is 0 Å². The van der Waals surface area contributed by atoms with Crippen LogP contribution in [0, 0.1) is 11.6 Å². The summed E-state index contributed by atoms with van der Waals surface area (Å²) in [5.41, 5.74) is 0.123. The van der Waals surface area contributed by atoms with E-state index < -0.39 is 11.6 Å². The van der Waals surface area contributed by atoms with E-state index in [0.29, 0.717) is 13.1 Å². The van der Waals surface area contributed by atoms with Crippen molar-refractivity contribution in [2.75, 3.05) is 38.1 Å². The largest absolute Gasteiger partial charge is 0.340 e. The second kappa shape index (κ2) is 7.13. The molecule has 0 bridgehead atoms. The summed E-state index contributed by atoms with van der Waals surface area (Å²) in [5, 5.41) is 0.912. The number of carbonyl (C=O) groups excluding carboxylic acids is 1.